The van der Waals surface area contributed by atoms with E-state index in [-0.39, 0.29) is 25.7 Å². The maximum atomic E-state index is 13.1. The minimum atomic E-state index is -4.97. The van der Waals surface area contributed by atoms with Gasteiger partial charge < -0.3 is 33.8 Å². The Labute approximate surface area is 638 Å². The minimum absolute atomic E-state index is 0.106. The van der Waals surface area contributed by atoms with Crippen molar-refractivity contribution in [3.05, 3.63) is 0 Å². The summed E-state index contributed by atoms with van der Waals surface area (Å²) in [7, 11) is -9.93. The second-order valence-electron chi connectivity index (χ2n) is 32.5. The molecule has 3 N–H and O–H groups in total. The summed E-state index contributed by atoms with van der Waals surface area (Å²) in [6.07, 6.45) is 62.4. The Balaban J connectivity index is 5.26. The van der Waals surface area contributed by atoms with Gasteiger partial charge in [-0.15, -0.1) is 0 Å². The van der Waals surface area contributed by atoms with Gasteiger partial charge in [-0.3, -0.25) is 37.3 Å². The standard InChI is InChI=1S/C85H166O17P2/c1-75(2)61-53-45-37-29-22-17-13-9-11-15-19-25-33-41-49-57-65-82(87)95-71-80(101-84(89)67-59-51-43-34-26-20-16-12-10-14-18-23-30-38-46-54-62-76(3)4)73-99-103(91,92)97-69-79(86)70-98-104(93,94)100-74-81(72-96-83(88)66-58-50-42-36-28-32-40-48-56-64-78(7)8)102-85(90)68-60-52-44-35-27-21-24-31-39-47-55-63-77(5)6/h75-81,86H,9-74H2,1-8H3,(H,91,92)(H,93,94)/t79-,80-,81-/m1/s1. The molecular weight excluding hydrogens is 1350 g/mol. The number of ether oxygens (including phenoxy) is 4. The third kappa shape index (κ3) is 78.2. The van der Waals surface area contributed by atoms with Crippen LogP contribution in [0.1, 0.15) is 441 Å². The van der Waals surface area contributed by atoms with Crippen LogP contribution in [0.5, 0.6) is 0 Å². The summed E-state index contributed by atoms with van der Waals surface area (Å²) in [5.41, 5.74) is 0. The molecule has 0 aromatic carbocycles. The molecule has 0 bridgehead atoms. The van der Waals surface area contributed by atoms with Crippen LogP contribution in [0.4, 0.5) is 0 Å². The van der Waals surface area contributed by atoms with E-state index in [1.54, 1.807) is 0 Å². The molecule has 618 valence electrons. The lowest BCUT2D eigenvalue weighted by Gasteiger charge is -2.21. The van der Waals surface area contributed by atoms with Crippen molar-refractivity contribution in [2.24, 2.45) is 23.7 Å². The smallest absolute Gasteiger partial charge is 0.462 e. The Morgan fingerprint density at radius 2 is 0.404 bits per heavy atom. The summed E-state index contributed by atoms with van der Waals surface area (Å²) in [5.74, 6) is 1.02. The number of hydrogen-bond acceptors (Lipinski definition) is 15. The number of phosphoric acid groups is 2. The minimum Gasteiger partial charge on any atom is -0.462 e. The topological polar surface area (TPSA) is 237 Å². The summed E-state index contributed by atoms with van der Waals surface area (Å²) in [5, 5.41) is 10.7. The van der Waals surface area contributed by atoms with Crippen LogP contribution in [0.3, 0.4) is 0 Å². The van der Waals surface area contributed by atoms with Gasteiger partial charge in [-0.25, -0.2) is 9.13 Å². The van der Waals surface area contributed by atoms with E-state index < -0.39 is 97.5 Å². The van der Waals surface area contributed by atoms with E-state index in [0.717, 1.165) is 114 Å². The number of carbonyl (C=O) groups is 4. The molecular formula is C85H166O17P2. The number of aliphatic hydroxyl groups excluding tert-OH is 1. The summed E-state index contributed by atoms with van der Waals surface area (Å²) in [6, 6.07) is 0. The van der Waals surface area contributed by atoms with Crippen molar-refractivity contribution in [2.75, 3.05) is 39.6 Å². The summed E-state index contributed by atoms with van der Waals surface area (Å²) in [4.78, 5) is 73.2. The average Bonchev–Trinajstić information content (AvgIpc) is 0.902. The van der Waals surface area contributed by atoms with Crippen molar-refractivity contribution in [1.29, 1.82) is 0 Å². The first-order chi connectivity index (χ1) is 50.1. The third-order valence-electron chi connectivity index (χ3n) is 19.8. The predicted molar refractivity (Wildman–Crippen MR) is 428 cm³/mol. The van der Waals surface area contributed by atoms with Crippen LogP contribution in [0, 0.1) is 23.7 Å². The van der Waals surface area contributed by atoms with E-state index in [9.17, 15) is 43.2 Å². The molecule has 0 fully saturated rings. The molecule has 0 rings (SSSR count). The second kappa shape index (κ2) is 73.8. The molecule has 0 aromatic rings. The van der Waals surface area contributed by atoms with Gasteiger partial charge in [-0.05, 0) is 49.4 Å². The lowest BCUT2D eigenvalue weighted by atomic mass is 10.0. The number of esters is 4. The largest absolute Gasteiger partial charge is 0.472 e. The van der Waals surface area contributed by atoms with Crippen LogP contribution in [0.2, 0.25) is 0 Å². The fourth-order valence-electron chi connectivity index (χ4n) is 13.1. The van der Waals surface area contributed by atoms with Crippen LogP contribution in [-0.2, 0) is 65.4 Å². The highest BCUT2D eigenvalue weighted by Gasteiger charge is 2.30. The lowest BCUT2D eigenvalue weighted by molar-refractivity contribution is -0.161. The summed E-state index contributed by atoms with van der Waals surface area (Å²) >= 11 is 0. The zero-order chi connectivity index (χ0) is 76.7. The number of rotatable bonds is 82. The fraction of sp³-hybridized carbons (Fsp3) is 0.953. The Kier molecular flexibility index (Phi) is 72.5. The van der Waals surface area contributed by atoms with E-state index in [2.05, 4.69) is 55.4 Å². The molecule has 0 aliphatic carbocycles. The van der Waals surface area contributed by atoms with E-state index in [0.29, 0.717) is 25.7 Å². The SMILES string of the molecule is CC(C)CCCCCCCCCCCCCCCCCCC(=O)OC[C@H](COP(=O)(O)OC[C@@H](O)COP(=O)(O)OC[C@@H](COC(=O)CCCCCCCCCCCC(C)C)OC(=O)CCCCCCCCCCCCCC(C)C)OC(=O)CCCCCCCCCCCCCCCCCCC(C)C. The molecule has 0 aromatic heterocycles. The van der Waals surface area contributed by atoms with E-state index in [1.807, 2.05) is 0 Å². The van der Waals surface area contributed by atoms with Gasteiger partial charge >= 0.3 is 39.5 Å². The van der Waals surface area contributed by atoms with Gasteiger partial charge in [0.05, 0.1) is 26.4 Å². The van der Waals surface area contributed by atoms with Gasteiger partial charge in [0.15, 0.2) is 12.2 Å². The highest BCUT2D eigenvalue weighted by molar-refractivity contribution is 7.47. The molecule has 0 heterocycles. The molecule has 0 spiro atoms. The lowest BCUT2D eigenvalue weighted by Crippen LogP contribution is -2.30. The van der Waals surface area contributed by atoms with Crippen LogP contribution >= 0.6 is 15.6 Å². The highest BCUT2D eigenvalue weighted by atomic mass is 31.2. The summed E-state index contributed by atoms with van der Waals surface area (Å²) < 4.78 is 68.9. The van der Waals surface area contributed by atoms with Crippen LogP contribution in [0.25, 0.3) is 0 Å². The zero-order valence-corrected chi connectivity index (χ0v) is 70.5. The maximum absolute atomic E-state index is 13.1. The number of aliphatic hydroxyl groups is 1. The van der Waals surface area contributed by atoms with Gasteiger partial charge in [0, 0.05) is 25.7 Å². The van der Waals surface area contributed by atoms with E-state index in [1.165, 1.54) is 244 Å². The molecule has 0 amide bonds. The summed E-state index contributed by atoms with van der Waals surface area (Å²) in [6.45, 7) is 14.3. The molecule has 0 aliphatic heterocycles. The fourth-order valence-corrected chi connectivity index (χ4v) is 14.7. The second-order valence-corrected chi connectivity index (χ2v) is 35.4. The maximum Gasteiger partial charge on any atom is 0.472 e. The van der Waals surface area contributed by atoms with Crippen LogP contribution in [-0.4, -0.2) is 96.7 Å². The van der Waals surface area contributed by atoms with Gasteiger partial charge in [-0.1, -0.05) is 389 Å². The number of phosphoric ester groups is 2. The Hall–Kier alpha value is -1.94. The number of unbranched alkanes of at least 4 members (excludes halogenated alkanes) is 48. The first-order valence-electron chi connectivity index (χ1n) is 43.7. The normalized spacial score (nSPS) is 14.0. The van der Waals surface area contributed by atoms with Crippen LogP contribution < -0.4 is 0 Å². The molecule has 0 aliphatic rings. The highest BCUT2D eigenvalue weighted by Crippen LogP contribution is 2.45. The molecule has 5 atom stereocenters. The van der Waals surface area contributed by atoms with Gasteiger partial charge in [0.1, 0.15) is 19.3 Å². The third-order valence-corrected chi connectivity index (χ3v) is 21.7. The first-order valence-corrected chi connectivity index (χ1v) is 46.7. The van der Waals surface area contributed by atoms with E-state index in [4.69, 9.17) is 37.0 Å². The van der Waals surface area contributed by atoms with Crippen molar-refractivity contribution in [3.63, 3.8) is 0 Å². The monoisotopic (exact) mass is 1520 g/mol. The van der Waals surface area contributed by atoms with Crippen molar-refractivity contribution in [1.82, 2.24) is 0 Å². The van der Waals surface area contributed by atoms with Crippen molar-refractivity contribution in [3.8, 4) is 0 Å². The first kappa shape index (κ1) is 102. The number of hydrogen-bond donors (Lipinski definition) is 3. The molecule has 0 saturated carbocycles. The molecule has 0 saturated heterocycles. The Morgan fingerprint density at radius 1 is 0.240 bits per heavy atom. The van der Waals surface area contributed by atoms with Gasteiger partial charge in [0.2, 0.25) is 0 Å². The van der Waals surface area contributed by atoms with Crippen LogP contribution in [0.15, 0.2) is 0 Å². The molecule has 104 heavy (non-hydrogen) atoms. The van der Waals surface area contributed by atoms with E-state index >= 15 is 0 Å². The van der Waals surface area contributed by atoms with Gasteiger partial charge in [-0.2, -0.15) is 0 Å². The van der Waals surface area contributed by atoms with Gasteiger partial charge in [0.25, 0.3) is 0 Å². The molecule has 17 nitrogen and oxygen atoms in total. The number of carbonyl (C=O) groups excluding carboxylic acids is 4. The molecule has 0 radical (unpaired) electrons. The predicted octanol–water partition coefficient (Wildman–Crippen LogP) is 25.6. The Morgan fingerprint density at radius 3 is 0.596 bits per heavy atom. The van der Waals surface area contributed by atoms with Crippen molar-refractivity contribution < 1.29 is 80.2 Å². The van der Waals surface area contributed by atoms with Crippen molar-refractivity contribution >= 4 is 39.5 Å². The average molecular weight is 1520 g/mol. The zero-order valence-electron chi connectivity index (χ0n) is 68.7. The van der Waals surface area contributed by atoms with Crippen molar-refractivity contribution in [2.45, 2.75) is 459 Å². The molecule has 2 unspecified atom stereocenters. The Bertz CT molecular complexity index is 2020. The quantitative estimate of drug-likeness (QED) is 0.0222. The molecule has 19 heteroatoms.